The van der Waals surface area contributed by atoms with Crippen LogP contribution >= 0.6 is 0 Å². The number of aliphatic hydroxyl groups excluding tert-OH is 1. The highest BCUT2D eigenvalue weighted by molar-refractivity contribution is 5.69. The van der Waals surface area contributed by atoms with Crippen LogP contribution in [0.3, 0.4) is 0 Å². The largest absolute Gasteiger partial charge is 0.444 e. The zero-order chi connectivity index (χ0) is 14.2. The van der Waals surface area contributed by atoms with Crippen LogP contribution < -0.4 is 0 Å². The van der Waals surface area contributed by atoms with Gasteiger partial charge < -0.3 is 9.84 Å². The summed E-state index contributed by atoms with van der Waals surface area (Å²) in [5.74, 6) is 0. The van der Waals surface area contributed by atoms with Gasteiger partial charge in [0.15, 0.2) is 0 Å². The van der Waals surface area contributed by atoms with E-state index in [2.05, 4.69) is 0 Å². The van der Waals surface area contributed by atoms with Crippen LogP contribution in [0.15, 0.2) is 0 Å². The van der Waals surface area contributed by atoms with Crippen LogP contribution in [0.1, 0.15) is 33.6 Å². The van der Waals surface area contributed by atoms with E-state index in [0.717, 1.165) is 13.0 Å². The van der Waals surface area contributed by atoms with Gasteiger partial charge in [0.2, 0.25) is 0 Å². The molecule has 0 aromatic heterocycles. The maximum Gasteiger partial charge on any atom is 0.410 e. The van der Waals surface area contributed by atoms with Gasteiger partial charge in [-0.05, 0) is 33.6 Å². The minimum Gasteiger partial charge on any atom is -0.444 e. The molecule has 6 nitrogen and oxygen atoms in total. The van der Waals surface area contributed by atoms with Crippen molar-refractivity contribution < 1.29 is 19.5 Å². The summed E-state index contributed by atoms with van der Waals surface area (Å²) < 4.78 is 5.39. The van der Waals surface area contributed by atoms with Crippen molar-refractivity contribution in [1.29, 1.82) is 0 Å². The van der Waals surface area contributed by atoms with Gasteiger partial charge in [0.05, 0.1) is 18.7 Å². The first-order valence-corrected chi connectivity index (χ1v) is 6.82. The summed E-state index contributed by atoms with van der Waals surface area (Å²) in [7, 11) is 1.88. The zero-order valence-electron chi connectivity index (χ0n) is 12.1. The smallest absolute Gasteiger partial charge is 0.410 e. The second-order valence-corrected chi connectivity index (χ2v) is 6.37. The Balaban J connectivity index is 2.03. The number of hydroxylamine groups is 2. The van der Waals surface area contributed by atoms with E-state index < -0.39 is 11.7 Å². The van der Waals surface area contributed by atoms with Crippen LogP contribution in [0.2, 0.25) is 0 Å². The molecule has 0 aliphatic carbocycles. The Labute approximate surface area is 114 Å². The summed E-state index contributed by atoms with van der Waals surface area (Å²) in [6.07, 6.45) is 0.513. The lowest BCUT2D eigenvalue weighted by Crippen LogP contribution is -2.45. The highest BCUT2D eigenvalue weighted by Crippen LogP contribution is 2.29. The molecule has 6 heteroatoms. The summed E-state index contributed by atoms with van der Waals surface area (Å²) in [6.45, 7) is 6.69. The Bertz CT molecular complexity index is 342. The van der Waals surface area contributed by atoms with E-state index in [0.29, 0.717) is 13.0 Å². The van der Waals surface area contributed by atoms with Gasteiger partial charge in [-0.1, -0.05) is 0 Å². The quantitative estimate of drug-likeness (QED) is 0.771. The first kappa shape index (κ1) is 14.6. The second-order valence-electron chi connectivity index (χ2n) is 6.37. The van der Waals surface area contributed by atoms with Gasteiger partial charge in [0.25, 0.3) is 0 Å². The van der Waals surface area contributed by atoms with E-state index in [4.69, 9.17) is 9.57 Å². The van der Waals surface area contributed by atoms with Crippen molar-refractivity contribution in [2.45, 2.75) is 57.5 Å². The number of likely N-dealkylation sites (tertiary alicyclic amines) is 1. The number of nitrogens with zero attached hydrogens (tertiary/aromatic N) is 2. The third-order valence-corrected chi connectivity index (χ3v) is 3.42. The molecule has 1 amide bonds. The maximum atomic E-state index is 12.2. The molecule has 2 heterocycles. The van der Waals surface area contributed by atoms with Gasteiger partial charge in [0.1, 0.15) is 11.7 Å². The molecule has 2 rings (SSSR count). The third kappa shape index (κ3) is 3.58. The minimum absolute atomic E-state index is 0.0466. The molecule has 110 valence electrons. The molecule has 1 N–H and O–H groups in total. The lowest BCUT2D eigenvalue weighted by atomic mass is 10.1. The summed E-state index contributed by atoms with van der Waals surface area (Å²) in [6, 6.07) is -0.102. The fraction of sp³-hybridized carbons (Fsp3) is 0.923. The number of ether oxygens (including phenoxy) is 1. The SMILES string of the molecule is CN1CC[C@@H]([C@@H]2C[C@@H](O)CN2C(=O)OC(C)(C)C)O1. The number of carbonyl (C=O) groups is 1. The number of β-amino-alcohol motifs (C(OH)–C–C–N with tert-alkyl or cyclic N) is 1. The van der Waals surface area contributed by atoms with E-state index in [-0.39, 0.29) is 18.2 Å². The van der Waals surface area contributed by atoms with Gasteiger partial charge in [-0.15, -0.1) is 0 Å². The van der Waals surface area contributed by atoms with E-state index in [1.807, 2.05) is 27.8 Å². The van der Waals surface area contributed by atoms with E-state index in [9.17, 15) is 9.90 Å². The summed E-state index contributed by atoms with van der Waals surface area (Å²) in [4.78, 5) is 19.5. The molecule has 0 spiro atoms. The average molecular weight is 272 g/mol. The van der Waals surface area contributed by atoms with Gasteiger partial charge in [-0.25, -0.2) is 4.79 Å². The number of carbonyl (C=O) groups excluding carboxylic acids is 1. The van der Waals surface area contributed by atoms with Crippen molar-refractivity contribution in [3.05, 3.63) is 0 Å². The van der Waals surface area contributed by atoms with Crippen molar-refractivity contribution in [3.8, 4) is 0 Å². The molecule has 2 aliphatic rings. The Morgan fingerprint density at radius 2 is 2.11 bits per heavy atom. The van der Waals surface area contributed by atoms with Gasteiger partial charge in [-0.3, -0.25) is 9.74 Å². The summed E-state index contributed by atoms with van der Waals surface area (Å²) >= 11 is 0. The van der Waals surface area contributed by atoms with Crippen LogP contribution in [0, 0.1) is 0 Å². The Morgan fingerprint density at radius 1 is 1.42 bits per heavy atom. The van der Waals surface area contributed by atoms with Gasteiger partial charge >= 0.3 is 6.09 Å². The molecule has 2 fully saturated rings. The maximum absolute atomic E-state index is 12.2. The van der Waals surface area contributed by atoms with Crippen molar-refractivity contribution in [2.75, 3.05) is 20.1 Å². The number of aliphatic hydroxyl groups is 1. The van der Waals surface area contributed by atoms with E-state index in [1.165, 1.54) is 0 Å². The number of amides is 1. The Hall–Kier alpha value is -0.850. The molecule has 0 radical (unpaired) electrons. The van der Waals surface area contributed by atoms with Crippen LogP contribution in [0.25, 0.3) is 0 Å². The first-order valence-electron chi connectivity index (χ1n) is 6.82. The van der Waals surface area contributed by atoms with E-state index in [1.54, 1.807) is 9.96 Å². The monoisotopic (exact) mass is 272 g/mol. The molecule has 19 heavy (non-hydrogen) atoms. The van der Waals surface area contributed by atoms with Crippen molar-refractivity contribution in [1.82, 2.24) is 9.96 Å². The second kappa shape index (κ2) is 5.26. The molecule has 2 saturated heterocycles. The molecule has 0 aromatic carbocycles. The summed E-state index contributed by atoms with van der Waals surface area (Å²) in [5.41, 5.74) is -0.525. The molecule has 0 aromatic rings. The number of hydrogen-bond donors (Lipinski definition) is 1. The zero-order valence-corrected chi connectivity index (χ0v) is 12.1. The minimum atomic E-state index is -0.525. The lowest BCUT2D eigenvalue weighted by Gasteiger charge is -2.30. The number of hydrogen-bond acceptors (Lipinski definition) is 5. The lowest BCUT2D eigenvalue weighted by molar-refractivity contribution is -0.142. The summed E-state index contributed by atoms with van der Waals surface area (Å²) in [5, 5.41) is 11.6. The third-order valence-electron chi connectivity index (χ3n) is 3.42. The van der Waals surface area contributed by atoms with Gasteiger partial charge in [-0.2, -0.15) is 5.06 Å². The van der Waals surface area contributed by atoms with Crippen molar-refractivity contribution >= 4 is 6.09 Å². The van der Waals surface area contributed by atoms with Crippen LogP contribution in [-0.2, 0) is 9.57 Å². The fourth-order valence-electron chi connectivity index (χ4n) is 2.63. The van der Waals surface area contributed by atoms with E-state index >= 15 is 0 Å². The molecule has 0 bridgehead atoms. The highest BCUT2D eigenvalue weighted by Gasteiger charge is 2.43. The molecule has 0 unspecified atom stereocenters. The molecular weight excluding hydrogens is 248 g/mol. The fourth-order valence-corrected chi connectivity index (χ4v) is 2.63. The van der Waals surface area contributed by atoms with Gasteiger partial charge in [0, 0.05) is 13.6 Å². The first-order chi connectivity index (χ1) is 8.76. The predicted molar refractivity (Wildman–Crippen MR) is 69.5 cm³/mol. The predicted octanol–water partition coefficient (Wildman–Crippen LogP) is 0.992. The topological polar surface area (TPSA) is 62.2 Å². The molecule has 0 saturated carbocycles. The van der Waals surface area contributed by atoms with Crippen LogP contribution in [0.5, 0.6) is 0 Å². The average Bonchev–Trinajstić information content (AvgIpc) is 2.81. The van der Waals surface area contributed by atoms with Crippen molar-refractivity contribution in [3.63, 3.8) is 0 Å². The van der Waals surface area contributed by atoms with Crippen LogP contribution in [0.4, 0.5) is 4.79 Å². The van der Waals surface area contributed by atoms with Crippen molar-refractivity contribution in [2.24, 2.45) is 0 Å². The molecule has 3 atom stereocenters. The molecular formula is C13H24N2O4. The Kier molecular flexibility index (Phi) is 4.03. The normalized spacial score (nSPS) is 32.9. The molecule has 2 aliphatic heterocycles. The standard InChI is InChI=1S/C13H24N2O4/c1-13(2,3)18-12(17)15-8-9(16)7-10(15)11-5-6-14(4)19-11/h9-11,16H,5-8H2,1-4H3/t9-,10+,11+/m1/s1. The highest BCUT2D eigenvalue weighted by atomic mass is 16.7. The van der Waals surface area contributed by atoms with Crippen LogP contribution in [-0.4, -0.2) is 65.2 Å². The Morgan fingerprint density at radius 3 is 2.63 bits per heavy atom. The number of rotatable bonds is 1.